The first-order chi connectivity index (χ1) is 15.4. The lowest BCUT2D eigenvalue weighted by Crippen LogP contribution is -2.42. The molecule has 2 heterocycles. The number of morpholine rings is 1. The van der Waals surface area contributed by atoms with E-state index in [1.165, 1.54) is 11.0 Å². The van der Waals surface area contributed by atoms with Gasteiger partial charge in [-0.3, -0.25) is 4.79 Å². The van der Waals surface area contributed by atoms with E-state index in [2.05, 4.69) is 15.4 Å². The minimum atomic E-state index is -0.701. The maximum atomic E-state index is 13.5. The van der Waals surface area contributed by atoms with Crippen molar-refractivity contribution in [1.29, 1.82) is 0 Å². The minimum absolute atomic E-state index is 0. The molecule has 0 aliphatic carbocycles. The van der Waals surface area contributed by atoms with Crippen LogP contribution in [0.3, 0.4) is 0 Å². The van der Waals surface area contributed by atoms with Crippen LogP contribution in [-0.2, 0) is 9.53 Å². The number of amides is 1. The number of carbonyl (C=O) groups excluding carboxylic acids is 1. The Bertz CT molecular complexity index is 1110. The number of benzene rings is 2. The van der Waals surface area contributed by atoms with E-state index in [1.807, 2.05) is 19.9 Å². The number of rotatable bonds is 6. The minimum Gasteiger partial charge on any atom is -0.484 e. The molecule has 0 saturated carbocycles. The van der Waals surface area contributed by atoms with Crippen molar-refractivity contribution in [3.63, 3.8) is 0 Å². The SMILES string of the molecule is Cc1cc(OCC(=O)N2CCOCC2)cc(Nc2ncn(-c3cc(F)cc(F)c3)n2)c1C.[HH]. The van der Waals surface area contributed by atoms with Crippen LogP contribution in [0, 0.1) is 25.5 Å². The Morgan fingerprint density at radius 3 is 2.59 bits per heavy atom. The second-order valence-electron chi connectivity index (χ2n) is 7.46. The van der Waals surface area contributed by atoms with Crippen LogP contribution in [0.5, 0.6) is 5.75 Å². The first kappa shape index (κ1) is 21.7. The molecule has 1 aliphatic rings. The zero-order valence-electron chi connectivity index (χ0n) is 17.8. The van der Waals surface area contributed by atoms with E-state index in [0.717, 1.165) is 29.3 Å². The van der Waals surface area contributed by atoms with Crippen molar-refractivity contribution < 1.29 is 24.5 Å². The fourth-order valence-electron chi connectivity index (χ4n) is 3.33. The van der Waals surface area contributed by atoms with Crippen molar-refractivity contribution in [1.82, 2.24) is 19.7 Å². The predicted octanol–water partition coefficient (Wildman–Crippen LogP) is 3.39. The van der Waals surface area contributed by atoms with Gasteiger partial charge < -0.3 is 19.7 Å². The quantitative estimate of drug-likeness (QED) is 0.627. The molecule has 0 atom stereocenters. The molecule has 10 heteroatoms. The molecule has 1 aliphatic heterocycles. The maximum Gasteiger partial charge on any atom is 0.260 e. The van der Waals surface area contributed by atoms with E-state index in [-0.39, 0.29) is 25.6 Å². The van der Waals surface area contributed by atoms with E-state index in [4.69, 9.17) is 9.47 Å². The average Bonchev–Trinajstić information content (AvgIpc) is 3.24. The van der Waals surface area contributed by atoms with Crippen LogP contribution in [0.25, 0.3) is 5.69 Å². The van der Waals surface area contributed by atoms with Crippen molar-refractivity contribution in [2.75, 3.05) is 38.2 Å². The van der Waals surface area contributed by atoms with Crippen LogP contribution in [-0.4, -0.2) is 58.5 Å². The third-order valence-corrected chi connectivity index (χ3v) is 5.22. The van der Waals surface area contributed by atoms with Gasteiger partial charge in [0.1, 0.15) is 23.7 Å². The standard InChI is InChI=1S/C22H23F2N5O3.H2/c1-14-7-19(32-12-21(30)28-3-5-31-6-4-28)11-20(15(14)2)26-22-25-13-29(27-22)18-9-16(23)8-17(24)10-18;/h7-11,13H,3-6,12H2,1-2H3,(H,26,27);1H. The predicted molar refractivity (Wildman–Crippen MR) is 115 cm³/mol. The Morgan fingerprint density at radius 2 is 1.88 bits per heavy atom. The first-order valence-corrected chi connectivity index (χ1v) is 10.1. The third kappa shape index (κ3) is 5.02. The van der Waals surface area contributed by atoms with Gasteiger partial charge in [-0.15, -0.1) is 5.10 Å². The Hall–Kier alpha value is -3.53. The van der Waals surface area contributed by atoms with E-state index in [1.54, 1.807) is 11.0 Å². The van der Waals surface area contributed by atoms with Crippen molar-refractivity contribution in [2.45, 2.75) is 13.8 Å². The summed E-state index contributed by atoms with van der Waals surface area (Å²) in [4.78, 5) is 18.2. The molecule has 3 aromatic rings. The van der Waals surface area contributed by atoms with Crippen molar-refractivity contribution in [3.05, 3.63) is 59.4 Å². The lowest BCUT2D eigenvalue weighted by Gasteiger charge is -2.26. The second kappa shape index (κ2) is 9.31. The highest BCUT2D eigenvalue weighted by molar-refractivity contribution is 5.78. The van der Waals surface area contributed by atoms with Gasteiger partial charge in [-0.25, -0.2) is 13.5 Å². The molecule has 1 N–H and O–H groups in total. The van der Waals surface area contributed by atoms with Crippen LogP contribution in [0.4, 0.5) is 20.4 Å². The summed E-state index contributed by atoms with van der Waals surface area (Å²) in [5.41, 5.74) is 2.82. The summed E-state index contributed by atoms with van der Waals surface area (Å²) < 4.78 is 39.3. The van der Waals surface area contributed by atoms with Gasteiger partial charge in [0.25, 0.3) is 5.91 Å². The van der Waals surface area contributed by atoms with E-state index in [9.17, 15) is 13.6 Å². The number of aryl methyl sites for hydroxylation is 1. The van der Waals surface area contributed by atoms with Gasteiger partial charge in [-0.05, 0) is 43.2 Å². The molecular weight excluding hydrogens is 420 g/mol. The molecule has 1 amide bonds. The number of carbonyl (C=O) groups is 1. The molecule has 1 saturated heterocycles. The molecule has 8 nitrogen and oxygen atoms in total. The highest BCUT2D eigenvalue weighted by Gasteiger charge is 2.18. The number of hydrogen-bond donors (Lipinski definition) is 1. The number of ether oxygens (including phenoxy) is 2. The Balaban J connectivity index is 0.00000306. The second-order valence-corrected chi connectivity index (χ2v) is 7.46. The molecule has 0 spiro atoms. The fourth-order valence-corrected chi connectivity index (χ4v) is 3.33. The summed E-state index contributed by atoms with van der Waals surface area (Å²) >= 11 is 0. The van der Waals surface area contributed by atoms with Gasteiger partial charge >= 0.3 is 0 Å². The van der Waals surface area contributed by atoms with Crippen LogP contribution < -0.4 is 10.1 Å². The highest BCUT2D eigenvalue weighted by Crippen LogP contribution is 2.28. The molecule has 1 aromatic heterocycles. The highest BCUT2D eigenvalue weighted by atomic mass is 19.1. The van der Waals surface area contributed by atoms with Gasteiger partial charge in [0, 0.05) is 32.3 Å². The third-order valence-electron chi connectivity index (χ3n) is 5.22. The van der Waals surface area contributed by atoms with Crippen LogP contribution in [0.2, 0.25) is 0 Å². The van der Waals surface area contributed by atoms with E-state index < -0.39 is 11.6 Å². The normalized spacial score (nSPS) is 13.8. The van der Waals surface area contributed by atoms with Gasteiger partial charge in [0.2, 0.25) is 5.95 Å². The summed E-state index contributed by atoms with van der Waals surface area (Å²) in [7, 11) is 0. The Kier molecular flexibility index (Phi) is 6.31. The van der Waals surface area contributed by atoms with Gasteiger partial charge in [-0.1, -0.05) is 0 Å². The fraction of sp³-hybridized carbons (Fsp3) is 0.318. The van der Waals surface area contributed by atoms with Crippen LogP contribution in [0.15, 0.2) is 36.7 Å². The number of anilines is 2. The lowest BCUT2D eigenvalue weighted by molar-refractivity contribution is -0.137. The average molecular weight is 445 g/mol. The number of hydrogen-bond acceptors (Lipinski definition) is 6. The lowest BCUT2D eigenvalue weighted by atomic mass is 10.1. The van der Waals surface area contributed by atoms with E-state index >= 15 is 0 Å². The summed E-state index contributed by atoms with van der Waals surface area (Å²) in [6.07, 6.45) is 1.36. The number of aromatic nitrogens is 3. The number of nitrogens with one attached hydrogen (secondary N) is 1. The molecule has 0 bridgehead atoms. The summed E-state index contributed by atoms with van der Waals surface area (Å²) in [5, 5.41) is 7.34. The molecule has 4 rings (SSSR count). The zero-order chi connectivity index (χ0) is 22.7. The van der Waals surface area contributed by atoms with Crippen LogP contribution in [0.1, 0.15) is 12.6 Å². The van der Waals surface area contributed by atoms with Crippen LogP contribution >= 0.6 is 0 Å². The van der Waals surface area contributed by atoms with Crippen molar-refractivity contribution in [2.24, 2.45) is 0 Å². The smallest absolute Gasteiger partial charge is 0.260 e. The Labute approximate surface area is 185 Å². The summed E-state index contributed by atoms with van der Waals surface area (Å²) in [5.74, 6) is -0.716. The van der Waals surface area contributed by atoms with E-state index in [0.29, 0.717) is 37.7 Å². The molecule has 1 fully saturated rings. The Morgan fingerprint density at radius 1 is 1.16 bits per heavy atom. The summed E-state index contributed by atoms with van der Waals surface area (Å²) in [6, 6.07) is 6.74. The molecule has 170 valence electrons. The maximum absolute atomic E-state index is 13.5. The molecular formula is C22H25F2N5O3. The van der Waals surface area contributed by atoms with Crippen molar-refractivity contribution in [3.8, 4) is 11.4 Å². The molecule has 32 heavy (non-hydrogen) atoms. The number of halogens is 2. The van der Waals surface area contributed by atoms with Crippen molar-refractivity contribution >= 4 is 17.5 Å². The van der Waals surface area contributed by atoms with Gasteiger partial charge in [0.05, 0.1) is 18.9 Å². The zero-order valence-corrected chi connectivity index (χ0v) is 17.8. The largest absolute Gasteiger partial charge is 0.484 e. The number of nitrogens with zero attached hydrogens (tertiary/aromatic N) is 4. The summed E-state index contributed by atoms with van der Waals surface area (Å²) in [6.45, 7) is 5.98. The van der Waals surface area contributed by atoms with Gasteiger partial charge in [0.15, 0.2) is 6.61 Å². The molecule has 2 aromatic carbocycles. The topological polar surface area (TPSA) is 81.5 Å². The molecule has 0 radical (unpaired) electrons. The monoisotopic (exact) mass is 445 g/mol. The van der Waals surface area contributed by atoms with Gasteiger partial charge in [-0.2, -0.15) is 4.98 Å². The first-order valence-electron chi connectivity index (χ1n) is 10.1. The molecule has 0 unspecified atom stereocenters.